The number of ether oxygens (including phenoxy) is 1. The molecule has 1 aromatic rings. The van der Waals surface area contributed by atoms with Gasteiger partial charge in [-0.05, 0) is 62.1 Å². The van der Waals surface area contributed by atoms with Crippen LogP contribution in [-0.4, -0.2) is 26.3 Å². The van der Waals surface area contributed by atoms with Gasteiger partial charge in [0.1, 0.15) is 0 Å². The van der Waals surface area contributed by atoms with Crippen LogP contribution in [0.15, 0.2) is 24.3 Å². The molecule has 0 aromatic heterocycles. The summed E-state index contributed by atoms with van der Waals surface area (Å²) in [6.45, 7) is 8.70. The van der Waals surface area contributed by atoms with Crippen LogP contribution in [0.1, 0.15) is 50.2 Å². The van der Waals surface area contributed by atoms with E-state index >= 15 is 0 Å². The lowest BCUT2D eigenvalue weighted by atomic mass is 9.47. The Hall–Kier alpha value is -0.860. The van der Waals surface area contributed by atoms with E-state index in [2.05, 4.69) is 43.4 Å². The van der Waals surface area contributed by atoms with E-state index < -0.39 is 0 Å². The van der Waals surface area contributed by atoms with E-state index in [9.17, 15) is 0 Å². The molecule has 3 rings (SSSR count). The third-order valence-electron chi connectivity index (χ3n) is 5.59. The molecule has 2 nitrogen and oxygen atoms in total. The topological polar surface area (TPSA) is 21.3 Å². The molecule has 116 valence electrons. The molecule has 2 fully saturated rings. The van der Waals surface area contributed by atoms with Crippen LogP contribution in [0.25, 0.3) is 0 Å². The van der Waals surface area contributed by atoms with Crippen molar-refractivity contribution in [2.75, 3.05) is 26.3 Å². The zero-order chi connectivity index (χ0) is 14.8. The summed E-state index contributed by atoms with van der Waals surface area (Å²) in [5, 5.41) is 3.69. The Kier molecular flexibility index (Phi) is 4.37. The van der Waals surface area contributed by atoms with Gasteiger partial charge in [-0.3, -0.25) is 0 Å². The van der Waals surface area contributed by atoms with Gasteiger partial charge in [-0.2, -0.15) is 0 Å². The molecule has 1 aliphatic carbocycles. The third-order valence-corrected chi connectivity index (χ3v) is 5.59. The van der Waals surface area contributed by atoms with Gasteiger partial charge < -0.3 is 10.1 Å². The first-order chi connectivity index (χ1) is 10.2. The van der Waals surface area contributed by atoms with E-state index in [0.29, 0.717) is 10.8 Å². The van der Waals surface area contributed by atoms with Crippen LogP contribution in [0.2, 0.25) is 0 Å². The summed E-state index contributed by atoms with van der Waals surface area (Å²) in [6.07, 6.45) is 6.40. The van der Waals surface area contributed by atoms with Crippen LogP contribution in [0.4, 0.5) is 0 Å². The Balaban J connectivity index is 1.79. The van der Waals surface area contributed by atoms with Crippen molar-refractivity contribution in [2.45, 2.75) is 51.4 Å². The van der Waals surface area contributed by atoms with Gasteiger partial charge in [0, 0.05) is 25.2 Å². The molecule has 1 N–H and O–H groups in total. The largest absolute Gasteiger partial charge is 0.381 e. The monoisotopic (exact) mass is 287 g/mol. The van der Waals surface area contributed by atoms with Crippen LogP contribution >= 0.6 is 0 Å². The molecule has 1 saturated carbocycles. The fourth-order valence-corrected chi connectivity index (χ4v) is 4.62. The molecule has 0 amide bonds. The average molecular weight is 287 g/mol. The Morgan fingerprint density at radius 2 is 1.86 bits per heavy atom. The summed E-state index contributed by atoms with van der Waals surface area (Å²) in [4.78, 5) is 0. The van der Waals surface area contributed by atoms with Gasteiger partial charge in [0.15, 0.2) is 0 Å². The summed E-state index contributed by atoms with van der Waals surface area (Å²) >= 11 is 0. The maximum absolute atomic E-state index is 5.58. The second-order valence-corrected chi connectivity index (χ2v) is 7.24. The molecule has 1 spiro atoms. The summed E-state index contributed by atoms with van der Waals surface area (Å²) in [6, 6.07) is 8.99. The van der Waals surface area contributed by atoms with Crippen LogP contribution < -0.4 is 5.32 Å². The van der Waals surface area contributed by atoms with Gasteiger partial charge in [-0.15, -0.1) is 0 Å². The Morgan fingerprint density at radius 3 is 2.52 bits per heavy atom. The lowest BCUT2D eigenvalue weighted by Crippen LogP contribution is -2.56. The van der Waals surface area contributed by atoms with Crippen LogP contribution in [0.5, 0.6) is 0 Å². The number of rotatable bonds is 5. The molecule has 2 heteroatoms. The Bertz CT molecular complexity index is 468. The fraction of sp³-hybridized carbons (Fsp3) is 0.684. The molecule has 0 atom stereocenters. The number of hydrogen-bond donors (Lipinski definition) is 1. The summed E-state index contributed by atoms with van der Waals surface area (Å²) in [5.41, 5.74) is 3.95. The van der Waals surface area contributed by atoms with E-state index in [1.165, 1.54) is 37.7 Å². The van der Waals surface area contributed by atoms with Crippen LogP contribution in [0, 0.1) is 12.3 Å². The molecule has 2 aliphatic rings. The quantitative estimate of drug-likeness (QED) is 0.831. The van der Waals surface area contributed by atoms with Crippen LogP contribution in [0.3, 0.4) is 0 Å². The second-order valence-electron chi connectivity index (χ2n) is 7.24. The molecule has 21 heavy (non-hydrogen) atoms. The molecule has 1 aliphatic heterocycles. The third kappa shape index (κ3) is 2.89. The van der Waals surface area contributed by atoms with E-state index in [-0.39, 0.29) is 0 Å². The first kappa shape index (κ1) is 15.1. The van der Waals surface area contributed by atoms with Gasteiger partial charge in [0.2, 0.25) is 0 Å². The molecule has 0 radical (unpaired) electrons. The minimum Gasteiger partial charge on any atom is -0.381 e. The normalized spacial score (nSPS) is 23.0. The van der Waals surface area contributed by atoms with Crippen LogP contribution in [-0.2, 0) is 10.2 Å². The first-order valence-electron chi connectivity index (χ1n) is 8.54. The number of benzene rings is 1. The van der Waals surface area contributed by atoms with E-state index in [1.807, 2.05) is 0 Å². The van der Waals surface area contributed by atoms with Crippen molar-refractivity contribution in [3.63, 3.8) is 0 Å². The van der Waals surface area contributed by atoms with Crippen molar-refractivity contribution in [2.24, 2.45) is 5.41 Å². The van der Waals surface area contributed by atoms with Crippen molar-refractivity contribution in [1.29, 1.82) is 0 Å². The van der Waals surface area contributed by atoms with Gasteiger partial charge in [0.25, 0.3) is 0 Å². The average Bonchev–Trinajstić information content (AvgIpc) is 2.47. The number of aryl methyl sites for hydroxylation is 1. The zero-order valence-corrected chi connectivity index (χ0v) is 13.6. The molecular formula is C19H29NO. The van der Waals surface area contributed by atoms with Gasteiger partial charge in [0.05, 0.1) is 0 Å². The minimum absolute atomic E-state index is 0.359. The Labute approximate surface area is 129 Å². The highest BCUT2D eigenvalue weighted by molar-refractivity contribution is 5.37. The zero-order valence-electron chi connectivity index (χ0n) is 13.6. The standard InChI is InChI=1S/C19H29NO/c1-3-10-20-15-19(17-7-5-4-6-16(17)2)13-18(14-19)8-11-21-12-9-18/h4-7,20H,3,8-15H2,1-2H3. The fourth-order valence-electron chi connectivity index (χ4n) is 4.62. The van der Waals surface area contributed by atoms with E-state index in [1.54, 1.807) is 5.56 Å². The van der Waals surface area contributed by atoms with Crippen molar-refractivity contribution in [3.8, 4) is 0 Å². The van der Waals surface area contributed by atoms with Crippen molar-refractivity contribution in [3.05, 3.63) is 35.4 Å². The summed E-state index contributed by atoms with van der Waals surface area (Å²) in [5.74, 6) is 0. The van der Waals surface area contributed by atoms with Crippen molar-refractivity contribution >= 4 is 0 Å². The number of nitrogens with one attached hydrogen (secondary N) is 1. The number of hydrogen-bond acceptors (Lipinski definition) is 2. The lowest BCUT2D eigenvalue weighted by molar-refractivity contribution is -0.0738. The Morgan fingerprint density at radius 1 is 1.14 bits per heavy atom. The predicted molar refractivity (Wildman–Crippen MR) is 87.7 cm³/mol. The van der Waals surface area contributed by atoms with Gasteiger partial charge in [-0.25, -0.2) is 0 Å². The molecular weight excluding hydrogens is 258 g/mol. The summed E-state index contributed by atoms with van der Waals surface area (Å²) in [7, 11) is 0. The maximum Gasteiger partial charge on any atom is 0.0471 e. The predicted octanol–water partition coefficient (Wildman–Crippen LogP) is 3.82. The van der Waals surface area contributed by atoms with Crippen molar-refractivity contribution < 1.29 is 4.74 Å². The maximum atomic E-state index is 5.58. The molecule has 1 saturated heterocycles. The van der Waals surface area contributed by atoms with Gasteiger partial charge in [-0.1, -0.05) is 31.2 Å². The van der Waals surface area contributed by atoms with E-state index in [4.69, 9.17) is 4.74 Å². The highest BCUT2D eigenvalue weighted by Gasteiger charge is 2.55. The van der Waals surface area contributed by atoms with Gasteiger partial charge >= 0.3 is 0 Å². The highest BCUT2D eigenvalue weighted by atomic mass is 16.5. The van der Waals surface area contributed by atoms with E-state index in [0.717, 1.165) is 26.3 Å². The molecule has 1 aromatic carbocycles. The molecule has 1 heterocycles. The van der Waals surface area contributed by atoms with Crippen molar-refractivity contribution in [1.82, 2.24) is 5.32 Å². The lowest BCUT2D eigenvalue weighted by Gasteiger charge is -2.59. The summed E-state index contributed by atoms with van der Waals surface area (Å²) < 4.78 is 5.58. The molecule has 0 unspecified atom stereocenters. The minimum atomic E-state index is 0.359. The SMILES string of the molecule is CCCNCC1(c2ccccc2C)CC2(CCOCC2)C1. The second kappa shape index (κ2) is 6.10. The highest BCUT2D eigenvalue weighted by Crippen LogP contribution is 2.60. The first-order valence-corrected chi connectivity index (χ1v) is 8.54. The smallest absolute Gasteiger partial charge is 0.0471 e. The molecule has 0 bridgehead atoms.